The molecule has 1 rings (SSSR count). The van der Waals surface area contributed by atoms with Gasteiger partial charge in [-0.05, 0) is 17.7 Å². The van der Waals surface area contributed by atoms with Gasteiger partial charge in [-0.2, -0.15) is 0 Å². The summed E-state index contributed by atoms with van der Waals surface area (Å²) in [5, 5.41) is 17.0. The molecule has 0 unspecified atom stereocenters. The zero-order valence-electron chi connectivity index (χ0n) is 6.51. The van der Waals surface area contributed by atoms with E-state index < -0.39 is 7.12 Å². The fraction of sp³-hybridized carbons (Fsp3) is 0. The van der Waals surface area contributed by atoms with Crippen molar-refractivity contribution < 1.29 is 10.0 Å². The van der Waals surface area contributed by atoms with Crippen LogP contribution in [0.5, 0.6) is 0 Å². The molecule has 12 heavy (non-hydrogen) atoms. The third-order valence-electron chi connectivity index (χ3n) is 1.40. The Bertz CT molecular complexity index is 269. The van der Waals surface area contributed by atoms with Crippen LogP contribution in [0.4, 0.5) is 5.69 Å². The predicted octanol–water partition coefficient (Wildman–Crippen LogP) is 0.294. The summed E-state index contributed by atoms with van der Waals surface area (Å²) in [7, 11) is -1.40. The van der Waals surface area contributed by atoms with Gasteiger partial charge in [-0.25, -0.2) is 0 Å². The third-order valence-corrected chi connectivity index (χ3v) is 1.40. The lowest BCUT2D eigenvalue weighted by Gasteiger charge is -1.94. The molecule has 3 nitrogen and oxygen atoms in total. The van der Waals surface area contributed by atoms with Gasteiger partial charge < -0.3 is 15.8 Å². The fourth-order valence-corrected chi connectivity index (χ4v) is 0.804. The molecule has 0 saturated carbocycles. The Labute approximate surface area is 71.3 Å². The van der Waals surface area contributed by atoms with Crippen LogP contribution in [0.2, 0.25) is 0 Å². The number of hydrogen-bond acceptors (Lipinski definition) is 3. The van der Waals surface area contributed by atoms with E-state index in [9.17, 15) is 0 Å². The largest absolute Gasteiger partial charge is 0.480 e. The molecule has 0 aromatic heterocycles. The number of hydrogen-bond donors (Lipinski definition) is 3. The molecule has 0 radical (unpaired) electrons. The van der Waals surface area contributed by atoms with Crippen molar-refractivity contribution in [1.29, 1.82) is 0 Å². The summed E-state index contributed by atoms with van der Waals surface area (Å²) in [4.78, 5) is 0. The van der Waals surface area contributed by atoms with Crippen molar-refractivity contribution in [3.05, 3.63) is 35.8 Å². The van der Waals surface area contributed by atoms with Gasteiger partial charge in [0, 0.05) is 5.69 Å². The Morgan fingerprint density at radius 2 is 1.75 bits per heavy atom. The first kappa shape index (κ1) is 8.84. The average molecular weight is 163 g/mol. The summed E-state index contributed by atoms with van der Waals surface area (Å²) < 4.78 is 0. The molecule has 0 aliphatic carbocycles. The van der Waals surface area contributed by atoms with E-state index in [0.29, 0.717) is 5.69 Å². The normalized spacial score (nSPS) is 10.5. The molecular formula is C8H10BNO2. The van der Waals surface area contributed by atoms with Crippen LogP contribution in [0.15, 0.2) is 30.2 Å². The van der Waals surface area contributed by atoms with Crippen LogP contribution in [0.3, 0.4) is 0 Å². The van der Waals surface area contributed by atoms with Gasteiger partial charge in [-0.15, -0.1) is 0 Å². The van der Waals surface area contributed by atoms with E-state index in [1.807, 2.05) is 0 Å². The van der Waals surface area contributed by atoms with E-state index in [1.54, 1.807) is 30.3 Å². The van der Waals surface area contributed by atoms with Crippen molar-refractivity contribution >= 4 is 18.9 Å². The molecule has 1 aromatic carbocycles. The smallest absolute Gasteiger partial charge is 0.424 e. The third kappa shape index (κ3) is 2.78. The van der Waals surface area contributed by atoms with E-state index in [1.165, 1.54) is 5.98 Å². The minimum absolute atomic E-state index is 0.691. The first-order valence-corrected chi connectivity index (χ1v) is 3.58. The van der Waals surface area contributed by atoms with E-state index in [4.69, 9.17) is 15.8 Å². The van der Waals surface area contributed by atoms with Crippen LogP contribution >= 0.6 is 0 Å². The fourth-order valence-electron chi connectivity index (χ4n) is 0.804. The lowest BCUT2D eigenvalue weighted by atomic mass is 9.91. The quantitative estimate of drug-likeness (QED) is 0.433. The minimum Gasteiger partial charge on any atom is -0.424 e. The summed E-state index contributed by atoms with van der Waals surface area (Å²) in [6.45, 7) is 0. The highest BCUT2D eigenvalue weighted by Crippen LogP contribution is 2.06. The molecule has 62 valence electrons. The number of anilines is 1. The zero-order chi connectivity index (χ0) is 8.97. The molecule has 0 spiro atoms. The molecule has 4 heteroatoms. The SMILES string of the molecule is Nc1ccc(C=CB(O)O)cc1. The van der Waals surface area contributed by atoms with Gasteiger partial charge in [0.1, 0.15) is 0 Å². The standard InChI is InChI=1S/C8H10BNO2/c10-8-3-1-7(2-4-8)5-6-9(11)12/h1-6,11-12H,10H2. The predicted molar refractivity (Wildman–Crippen MR) is 50.1 cm³/mol. The number of nitrogens with two attached hydrogens (primary N) is 1. The van der Waals surface area contributed by atoms with E-state index in [-0.39, 0.29) is 0 Å². The monoisotopic (exact) mass is 163 g/mol. The first-order chi connectivity index (χ1) is 5.68. The summed E-state index contributed by atoms with van der Waals surface area (Å²) in [6.07, 6.45) is 1.62. The van der Waals surface area contributed by atoms with E-state index in [2.05, 4.69) is 0 Å². The van der Waals surface area contributed by atoms with Gasteiger partial charge in [0.05, 0.1) is 0 Å². The Hall–Kier alpha value is -1.26. The van der Waals surface area contributed by atoms with E-state index in [0.717, 1.165) is 5.56 Å². The molecule has 4 N–H and O–H groups in total. The molecule has 0 aliphatic rings. The topological polar surface area (TPSA) is 66.5 Å². The van der Waals surface area contributed by atoms with E-state index >= 15 is 0 Å². The Morgan fingerprint density at radius 1 is 1.17 bits per heavy atom. The maximum Gasteiger partial charge on any atom is 0.480 e. The number of nitrogen functional groups attached to an aromatic ring is 1. The van der Waals surface area contributed by atoms with Gasteiger partial charge >= 0.3 is 7.12 Å². The zero-order valence-corrected chi connectivity index (χ0v) is 6.51. The van der Waals surface area contributed by atoms with Crippen LogP contribution in [-0.2, 0) is 0 Å². The van der Waals surface area contributed by atoms with Crippen LogP contribution in [-0.4, -0.2) is 17.2 Å². The lowest BCUT2D eigenvalue weighted by molar-refractivity contribution is 0.424. The second kappa shape index (κ2) is 3.94. The molecular weight excluding hydrogens is 153 g/mol. The number of rotatable bonds is 2. The lowest BCUT2D eigenvalue weighted by Crippen LogP contribution is -2.05. The molecule has 0 heterocycles. The molecule has 0 aliphatic heterocycles. The summed E-state index contributed by atoms with van der Waals surface area (Å²) in [6, 6.07) is 7.11. The van der Waals surface area contributed by atoms with Crippen LogP contribution in [0.1, 0.15) is 5.56 Å². The van der Waals surface area contributed by atoms with Gasteiger partial charge in [0.2, 0.25) is 0 Å². The Balaban J connectivity index is 2.71. The van der Waals surface area contributed by atoms with Crippen LogP contribution < -0.4 is 5.73 Å². The molecule has 0 atom stereocenters. The summed E-state index contributed by atoms with van der Waals surface area (Å²) in [5.41, 5.74) is 7.04. The minimum atomic E-state index is -1.40. The van der Waals surface area contributed by atoms with Crippen LogP contribution in [0, 0.1) is 0 Å². The Kier molecular flexibility index (Phi) is 2.91. The maximum absolute atomic E-state index is 8.51. The van der Waals surface area contributed by atoms with Crippen molar-refractivity contribution in [3.63, 3.8) is 0 Å². The van der Waals surface area contributed by atoms with Crippen molar-refractivity contribution in [1.82, 2.24) is 0 Å². The van der Waals surface area contributed by atoms with Gasteiger partial charge in [-0.1, -0.05) is 24.2 Å². The molecule has 1 aromatic rings. The summed E-state index contributed by atoms with van der Waals surface area (Å²) >= 11 is 0. The van der Waals surface area contributed by atoms with Crippen LogP contribution in [0.25, 0.3) is 6.08 Å². The molecule has 0 bridgehead atoms. The first-order valence-electron chi connectivity index (χ1n) is 3.58. The second-order valence-electron chi connectivity index (χ2n) is 2.44. The van der Waals surface area contributed by atoms with Gasteiger partial charge in [0.15, 0.2) is 0 Å². The van der Waals surface area contributed by atoms with Gasteiger partial charge in [0.25, 0.3) is 0 Å². The van der Waals surface area contributed by atoms with Crippen molar-refractivity contribution in [3.8, 4) is 0 Å². The maximum atomic E-state index is 8.51. The summed E-state index contributed by atoms with van der Waals surface area (Å²) in [5.74, 6) is 1.28. The molecule has 0 amide bonds. The van der Waals surface area contributed by atoms with Gasteiger partial charge in [-0.3, -0.25) is 0 Å². The highest BCUT2D eigenvalue weighted by molar-refractivity contribution is 6.48. The highest BCUT2D eigenvalue weighted by Gasteiger charge is 1.97. The highest BCUT2D eigenvalue weighted by atomic mass is 16.4. The molecule has 0 fully saturated rings. The average Bonchev–Trinajstić information content (AvgIpc) is 2.03. The number of benzene rings is 1. The molecule has 0 saturated heterocycles. The van der Waals surface area contributed by atoms with Crippen molar-refractivity contribution in [2.45, 2.75) is 0 Å². The van der Waals surface area contributed by atoms with Crippen molar-refractivity contribution in [2.75, 3.05) is 5.73 Å². The second-order valence-corrected chi connectivity index (χ2v) is 2.44. The van der Waals surface area contributed by atoms with Crippen molar-refractivity contribution in [2.24, 2.45) is 0 Å². The Morgan fingerprint density at radius 3 is 2.25 bits per heavy atom.